The Bertz CT molecular complexity index is 1940. The van der Waals surface area contributed by atoms with Gasteiger partial charge in [-0.05, 0) is 70.8 Å². The maximum Gasteiger partial charge on any atom is 0.0712 e. The Morgan fingerprint density at radius 2 is 1.00 bits per heavy atom. The molecule has 4 aliphatic heterocycles. The van der Waals surface area contributed by atoms with Crippen molar-refractivity contribution in [1.82, 2.24) is 10.0 Å². The van der Waals surface area contributed by atoms with Crippen molar-refractivity contribution in [3.8, 4) is 11.1 Å². The van der Waals surface area contributed by atoms with Crippen molar-refractivity contribution in [3.05, 3.63) is 174 Å². The van der Waals surface area contributed by atoms with Crippen molar-refractivity contribution in [1.29, 1.82) is 0 Å². The largest absolute Gasteiger partial charge is 0.260 e. The number of allylic oxidation sites excluding steroid dienone is 5. The molecule has 0 fully saturated rings. The second-order valence-corrected chi connectivity index (χ2v) is 10.7. The molecule has 1 unspecified atom stereocenters. The van der Waals surface area contributed by atoms with E-state index >= 15 is 0 Å². The smallest absolute Gasteiger partial charge is 0.0712 e. The average molecular weight is 527 g/mol. The Labute approximate surface area is 239 Å². The summed E-state index contributed by atoms with van der Waals surface area (Å²) in [6.07, 6.45) is 21.8. The minimum atomic E-state index is 0.0558. The van der Waals surface area contributed by atoms with Gasteiger partial charge in [0.15, 0.2) is 0 Å². The maximum atomic E-state index is 2.38. The van der Waals surface area contributed by atoms with Crippen LogP contribution in [0.15, 0.2) is 146 Å². The molecule has 0 amide bonds. The molecule has 9 rings (SSSR count). The molecule has 4 aromatic carbocycles. The lowest BCUT2D eigenvalue weighted by molar-refractivity contribution is 0.439. The van der Waals surface area contributed by atoms with Gasteiger partial charge in [0.05, 0.1) is 28.7 Å². The third kappa shape index (κ3) is 3.16. The van der Waals surface area contributed by atoms with E-state index in [2.05, 4.69) is 172 Å². The van der Waals surface area contributed by atoms with Gasteiger partial charge in [0.2, 0.25) is 0 Å². The second-order valence-electron chi connectivity index (χ2n) is 10.7. The number of hydrazine groups is 2. The summed E-state index contributed by atoms with van der Waals surface area (Å²) < 4.78 is 0. The Balaban J connectivity index is 1.30. The zero-order chi connectivity index (χ0) is 26.9. The zero-order valence-electron chi connectivity index (χ0n) is 22.3. The van der Waals surface area contributed by atoms with Gasteiger partial charge in [-0.25, -0.2) is 0 Å². The van der Waals surface area contributed by atoms with E-state index in [4.69, 9.17) is 0 Å². The van der Waals surface area contributed by atoms with Gasteiger partial charge in [-0.15, -0.1) is 0 Å². The zero-order valence-corrected chi connectivity index (χ0v) is 22.3. The third-order valence-corrected chi connectivity index (χ3v) is 8.60. The van der Waals surface area contributed by atoms with E-state index in [1.165, 1.54) is 61.7 Å². The number of benzene rings is 4. The highest BCUT2D eigenvalue weighted by Crippen LogP contribution is 2.54. The van der Waals surface area contributed by atoms with Crippen LogP contribution >= 0.6 is 0 Å². The van der Waals surface area contributed by atoms with Gasteiger partial charge in [0, 0.05) is 41.5 Å². The molecule has 0 bridgehead atoms. The van der Waals surface area contributed by atoms with E-state index in [-0.39, 0.29) is 5.92 Å². The van der Waals surface area contributed by atoms with Crippen LogP contribution in [-0.4, -0.2) is 10.0 Å². The molecular formula is C37H26N4. The SMILES string of the molecule is C1=CN2C(c3cccc4c3C(C3=Cc5ccccc5N5C=CC=CN35)c3ccccc3-4)=Cc3ccccc3N2C=C1. The van der Waals surface area contributed by atoms with Crippen molar-refractivity contribution < 1.29 is 0 Å². The van der Waals surface area contributed by atoms with Crippen LogP contribution in [0, 0.1) is 0 Å². The van der Waals surface area contributed by atoms with E-state index in [0.29, 0.717) is 0 Å². The molecule has 5 aliphatic rings. The monoisotopic (exact) mass is 526 g/mol. The molecule has 41 heavy (non-hydrogen) atoms. The fourth-order valence-corrected chi connectivity index (χ4v) is 6.89. The predicted octanol–water partition coefficient (Wildman–Crippen LogP) is 8.49. The molecule has 0 saturated carbocycles. The van der Waals surface area contributed by atoms with Gasteiger partial charge in [-0.3, -0.25) is 20.0 Å². The lowest BCUT2D eigenvalue weighted by atomic mass is 9.86. The van der Waals surface area contributed by atoms with Crippen LogP contribution in [-0.2, 0) is 0 Å². The predicted molar refractivity (Wildman–Crippen MR) is 168 cm³/mol. The summed E-state index contributed by atoms with van der Waals surface area (Å²) >= 11 is 0. The molecule has 1 aliphatic carbocycles. The lowest BCUT2D eigenvalue weighted by Gasteiger charge is -2.43. The highest BCUT2D eigenvalue weighted by atomic mass is 15.6. The van der Waals surface area contributed by atoms with Crippen LogP contribution in [0.5, 0.6) is 0 Å². The highest BCUT2D eigenvalue weighted by molar-refractivity contribution is 5.95. The summed E-state index contributed by atoms with van der Waals surface area (Å²) in [4.78, 5) is 0. The molecular weight excluding hydrogens is 500 g/mol. The van der Waals surface area contributed by atoms with Crippen LogP contribution in [0.25, 0.3) is 29.0 Å². The molecule has 0 N–H and O–H groups in total. The van der Waals surface area contributed by atoms with E-state index in [0.717, 1.165) is 0 Å². The first-order valence-electron chi connectivity index (χ1n) is 14.1. The van der Waals surface area contributed by atoms with Crippen molar-refractivity contribution in [2.75, 3.05) is 10.0 Å². The number of hydrogen-bond acceptors (Lipinski definition) is 4. The fourth-order valence-electron chi connectivity index (χ4n) is 6.89. The van der Waals surface area contributed by atoms with Crippen LogP contribution in [0.2, 0.25) is 0 Å². The van der Waals surface area contributed by atoms with Gasteiger partial charge < -0.3 is 0 Å². The summed E-state index contributed by atoms with van der Waals surface area (Å²) in [5.74, 6) is 0.0558. The standard InChI is InChI=1S/C37H26N4/c1-5-18-32-26(12-1)24-34(40-22-9-7-20-38(32)40)31-17-11-16-29-28-14-3-4-15-30(28)37(36(29)31)35-25-27-13-2-6-19-33(27)39-21-8-10-23-41(35)39/h1-25,37H. The topological polar surface area (TPSA) is 13.0 Å². The summed E-state index contributed by atoms with van der Waals surface area (Å²) in [7, 11) is 0. The Morgan fingerprint density at radius 3 is 1.78 bits per heavy atom. The van der Waals surface area contributed by atoms with Crippen LogP contribution in [0.1, 0.15) is 33.7 Å². The second kappa shape index (κ2) is 8.51. The first-order chi connectivity index (χ1) is 20.4. The molecule has 0 saturated heterocycles. The number of nitrogens with zero attached hydrogens (tertiary/aromatic N) is 4. The Morgan fingerprint density at radius 1 is 0.439 bits per heavy atom. The number of hydrogen-bond donors (Lipinski definition) is 0. The van der Waals surface area contributed by atoms with E-state index in [1.807, 2.05) is 0 Å². The number of fused-ring (bicyclic) bond motifs is 9. The minimum absolute atomic E-state index is 0.0558. The summed E-state index contributed by atoms with van der Waals surface area (Å²) in [5.41, 5.74) is 13.7. The first kappa shape index (κ1) is 22.3. The summed E-state index contributed by atoms with van der Waals surface area (Å²) in [6, 6.07) is 33.0. The third-order valence-electron chi connectivity index (χ3n) is 8.60. The summed E-state index contributed by atoms with van der Waals surface area (Å²) in [5, 5.41) is 9.11. The molecule has 0 radical (unpaired) electrons. The lowest BCUT2D eigenvalue weighted by Crippen LogP contribution is -2.40. The molecule has 4 heteroatoms. The van der Waals surface area contributed by atoms with Crippen molar-refractivity contribution >= 4 is 29.2 Å². The van der Waals surface area contributed by atoms with E-state index in [9.17, 15) is 0 Å². The van der Waals surface area contributed by atoms with Crippen molar-refractivity contribution in [2.24, 2.45) is 0 Å². The van der Waals surface area contributed by atoms with E-state index < -0.39 is 0 Å². The van der Waals surface area contributed by atoms with Gasteiger partial charge in [-0.2, -0.15) is 0 Å². The highest BCUT2D eigenvalue weighted by Gasteiger charge is 2.40. The van der Waals surface area contributed by atoms with Crippen molar-refractivity contribution in [3.63, 3.8) is 0 Å². The van der Waals surface area contributed by atoms with Crippen molar-refractivity contribution in [2.45, 2.75) is 5.92 Å². The molecule has 4 nitrogen and oxygen atoms in total. The first-order valence-corrected chi connectivity index (χ1v) is 14.1. The Kier molecular flexibility index (Phi) is 4.64. The van der Waals surface area contributed by atoms with Gasteiger partial charge in [-0.1, -0.05) is 78.9 Å². The number of para-hydroxylation sites is 2. The number of rotatable bonds is 2. The van der Waals surface area contributed by atoms with Crippen LogP contribution < -0.4 is 10.0 Å². The van der Waals surface area contributed by atoms with Crippen LogP contribution in [0.3, 0.4) is 0 Å². The van der Waals surface area contributed by atoms with Gasteiger partial charge >= 0.3 is 0 Å². The maximum absolute atomic E-state index is 2.38. The summed E-state index contributed by atoms with van der Waals surface area (Å²) in [6.45, 7) is 0. The molecule has 0 spiro atoms. The molecule has 0 aromatic heterocycles. The molecule has 4 aromatic rings. The Hall–Kier alpha value is -5.48. The number of anilines is 2. The normalized spacial score (nSPS) is 18.7. The fraction of sp³-hybridized carbons (Fsp3) is 0.0270. The van der Waals surface area contributed by atoms with Gasteiger partial charge in [0.25, 0.3) is 0 Å². The molecule has 4 heterocycles. The minimum Gasteiger partial charge on any atom is -0.260 e. The molecule has 1 atom stereocenters. The average Bonchev–Trinajstić information content (AvgIpc) is 3.38. The quantitative estimate of drug-likeness (QED) is 0.260. The van der Waals surface area contributed by atoms with E-state index in [1.54, 1.807) is 0 Å². The van der Waals surface area contributed by atoms with Gasteiger partial charge in [0.1, 0.15) is 0 Å². The van der Waals surface area contributed by atoms with Crippen LogP contribution in [0.4, 0.5) is 11.4 Å². The molecule has 194 valence electrons.